The molecule has 5 nitrogen and oxygen atoms in total. The van der Waals surface area contributed by atoms with Crippen LogP contribution in [0.4, 0.5) is 5.69 Å². The van der Waals surface area contributed by atoms with Gasteiger partial charge in [-0.1, -0.05) is 57.2 Å². The molecule has 1 N–H and O–H groups in total. The van der Waals surface area contributed by atoms with E-state index in [1.165, 1.54) is 0 Å². The number of amides is 1. The van der Waals surface area contributed by atoms with E-state index in [0.717, 1.165) is 29.2 Å². The monoisotopic (exact) mass is 447 g/mol. The minimum Gasteiger partial charge on any atom is -0.490 e. The molecule has 0 radical (unpaired) electrons. The van der Waals surface area contributed by atoms with Crippen molar-refractivity contribution in [1.82, 2.24) is 0 Å². The smallest absolute Gasteiger partial charge is 0.265 e. The van der Waals surface area contributed by atoms with Crippen molar-refractivity contribution in [2.24, 2.45) is 0 Å². The molecule has 0 saturated carbocycles. The van der Waals surface area contributed by atoms with Gasteiger partial charge >= 0.3 is 0 Å². The van der Waals surface area contributed by atoms with E-state index < -0.39 is 6.10 Å². The number of carbonyl (C=O) groups is 1. The van der Waals surface area contributed by atoms with Crippen molar-refractivity contribution >= 4 is 11.6 Å². The van der Waals surface area contributed by atoms with E-state index in [2.05, 4.69) is 25.2 Å². The fourth-order valence-electron chi connectivity index (χ4n) is 3.38. The summed E-state index contributed by atoms with van der Waals surface area (Å²) in [5.74, 6) is 2.51. The van der Waals surface area contributed by atoms with Crippen molar-refractivity contribution < 1.29 is 19.0 Å². The van der Waals surface area contributed by atoms with Crippen LogP contribution >= 0.6 is 0 Å². The van der Waals surface area contributed by atoms with Crippen LogP contribution in [0.5, 0.6) is 17.2 Å². The molecular weight excluding hydrogens is 414 g/mol. The van der Waals surface area contributed by atoms with Crippen molar-refractivity contribution in [3.8, 4) is 17.2 Å². The van der Waals surface area contributed by atoms with Crippen LogP contribution in [0.1, 0.15) is 45.1 Å². The molecule has 0 fully saturated rings. The van der Waals surface area contributed by atoms with Crippen molar-refractivity contribution in [2.75, 3.05) is 18.5 Å². The summed E-state index contributed by atoms with van der Waals surface area (Å²) in [6.45, 7) is 7.15. The molecule has 2 atom stereocenters. The summed E-state index contributed by atoms with van der Waals surface area (Å²) >= 11 is 0. The lowest BCUT2D eigenvalue weighted by molar-refractivity contribution is -0.122. The van der Waals surface area contributed by atoms with Gasteiger partial charge in [0.15, 0.2) is 6.10 Å². The minimum absolute atomic E-state index is 0.165. The van der Waals surface area contributed by atoms with Crippen molar-refractivity contribution in [3.05, 3.63) is 84.4 Å². The third kappa shape index (κ3) is 7.28. The zero-order valence-electron chi connectivity index (χ0n) is 19.6. The van der Waals surface area contributed by atoms with Crippen LogP contribution < -0.4 is 19.5 Å². The lowest BCUT2D eigenvalue weighted by Gasteiger charge is -2.21. The Balaban J connectivity index is 1.51. The molecule has 0 aliphatic rings. The average molecular weight is 448 g/mol. The molecular formula is C28H33NO4. The predicted octanol–water partition coefficient (Wildman–Crippen LogP) is 6.45. The van der Waals surface area contributed by atoms with E-state index >= 15 is 0 Å². The maximum atomic E-state index is 12.8. The van der Waals surface area contributed by atoms with Crippen LogP contribution in [0, 0.1) is 0 Å². The molecule has 0 spiro atoms. The third-order valence-electron chi connectivity index (χ3n) is 5.48. The Bertz CT molecular complexity index is 988. The topological polar surface area (TPSA) is 56.8 Å². The third-order valence-corrected chi connectivity index (χ3v) is 5.48. The van der Waals surface area contributed by atoms with Gasteiger partial charge in [-0.15, -0.1) is 0 Å². The highest BCUT2D eigenvalue weighted by Crippen LogP contribution is 2.29. The summed E-state index contributed by atoms with van der Waals surface area (Å²) in [5.41, 5.74) is 1.83. The summed E-state index contributed by atoms with van der Waals surface area (Å²) in [6.07, 6.45) is 1.01. The number of hydrogen-bond donors (Lipinski definition) is 1. The van der Waals surface area contributed by atoms with E-state index in [-0.39, 0.29) is 5.91 Å². The number of benzene rings is 3. The van der Waals surface area contributed by atoms with Crippen LogP contribution in [0.15, 0.2) is 78.9 Å². The fraction of sp³-hybridized carbons (Fsp3) is 0.321. The molecule has 0 bridgehead atoms. The van der Waals surface area contributed by atoms with Gasteiger partial charge < -0.3 is 19.5 Å². The first-order chi connectivity index (χ1) is 16.1. The summed E-state index contributed by atoms with van der Waals surface area (Å²) < 4.78 is 17.5. The Labute approximate surface area is 196 Å². The van der Waals surface area contributed by atoms with E-state index in [0.29, 0.717) is 31.2 Å². The minimum atomic E-state index is -0.568. The van der Waals surface area contributed by atoms with Gasteiger partial charge in [-0.2, -0.15) is 0 Å². The van der Waals surface area contributed by atoms with E-state index in [1.807, 2.05) is 79.7 Å². The Morgan fingerprint density at radius 3 is 2.03 bits per heavy atom. The van der Waals surface area contributed by atoms with Crippen LogP contribution in [0.3, 0.4) is 0 Å². The van der Waals surface area contributed by atoms with Gasteiger partial charge in [0.1, 0.15) is 30.5 Å². The van der Waals surface area contributed by atoms with Gasteiger partial charge in [0.05, 0.1) is 0 Å². The Morgan fingerprint density at radius 1 is 0.788 bits per heavy atom. The largest absolute Gasteiger partial charge is 0.490 e. The normalized spacial score (nSPS) is 12.5. The van der Waals surface area contributed by atoms with E-state index in [1.54, 1.807) is 0 Å². The SMILES string of the molecule is CCC(Oc1ccccc1C(C)CC)C(=O)Nc1ccc(OCCOc2ccccc2)cc1. The first kappa shape index (κ1) is 24.2. The van der Waals surface area contributed by atoms with Crippen LogP contribution in [-0.2, 0) is 4.79 Å². The lowest BCUT2D eigenvalue weighted by Crippen LogP contribution is -2.32. The molecule has 2 unspecified atom stereocenters. The Kier molecular flexibility index (Phi) is 9.19. The molecule has 1 amide bonds. The van der Waals surface area contributed by atoms with Gasteiger partial charge in [0, 0.05) is 5.69 Å². The molecule has 5 heteroatoms. The summed E-state index contributed by atoms with van der Waals surface area (Å²) in [6, 6.07) is 24.9. The van der Waals surface area contributed by atoms with Gasteiger partial charge in [0.2, 0.25) is 0 Å². The molecule has 0 saturated heterocycles. The van der Waals surface area contributed by atoms with Crippen molar-refractivity contribution in [3.63, 3.8) is 0 Å². The lowest BCUT2D eigenvalue weighted by atomic mass is 9.98. The highest BCUT2D eigenvalue weighted by atomic mass is 16.5. The molecule has 3 aromatic carbocycles. The Hall–Kier alpha value is -3.47. The van der Waals surface area contributed by atoms with Crippen LogP contribution in [0.2, 0.25) is 0 Å². The number of anilines is 1. The second-order valence-corrected chi connectivity index (χ2v) is 7.89. The van der Waals surface area contributed by atoms with E-state index in [4.69, 9.17) is 14.2 Å². The maximum Gasteiger partial charge on any atom is 0.265 e. The summed E-state index contributed by atoms with van der Waals surface area (Å²) in [4.78, 5) is 12.8. The van der Waals surface area contributed by atoms with Gasteiger partial charge in [-0.3, -0.25) is 4.79 Å². The van der Waals surface area contributed by atoms with Gasteiger partial charge in [-0.05, 0) is 66.8 Å². The molecule has 0 aliphatic heterocycles. The number of ether oxygens (including phenoxy) is 3. The quantitative estimate of drug-likeness (QED) is 0.324. The maximum absolute atomic E-state index is 12.8. The highest BCUT2D eigenvalue weighted by molar-refractivity contribution is 5.94. The highest BCUT2D eigenvalue weighted by Gasteiger charge is 2.21. The molecule has 174 valence electrons. The van der Waals surface area contributed by atoms with Crippen molar-refractivity contribution in [2.45, 2.75) is 45.6 Å². The fourth-order valence-corrected chi connectivity index (χ4v) is 3.38. The number of rotatable bonds is 12. The average Bonchev–Trinajstić information content (AvgIpc) is 2.86. The summed E-state index contributed by atoms with van der Waals surface area (Å²) in [7, 11) is 0. The molecule has 0 heterocycles. The molecule has 0 aliphatic carbocycles. The second-order valence-electron chi connectivity index (χ2n) is 7.89. The van der Waals surface area contributed by atoms with Gasteiger partial charge in [0.25, 0.3) is 5.91 Å². The predicted molar refractivity (Wildman–Crippen MR) is 132 cm³/mol. The standard InChI is InChI=1S/C28H33NO4/c1-4-21(3)25-13-9-10-14-27(25)33-26(5-2)28(30)29-22-15-17-24(18-16-22)32-20-19-31-23-11-7-6-8-12-23/h6-18,21,26H,4-5,19-20H2,1-3H3,(H,29,30). The number of hydrogen-bond acceptors (Lipinski definition) is 4. The second kappa shape index (κ2) is 12.5. The molecule has 3 rings (SSSR count). The summed E-state index contributed by atoms with van der Waals surface area (Å²) in [5, 5.41) is 2.95. The number of para-hydroxylation sites is 2. The Morgan fingerprint density at radius 2 is 1.39 bits per heavy atom. The zero-order chi connectivity index (χ0) is 23.5. The molecule has 0 aromatic heterocycles. The first-order valence-corrected chi connectivity index (χ1v) is 11.6. The molecule has 3 aromatic rings. The first-order valence-electron chi connectivity index (χ1n) is 11.6. The number of nitrogens with one attached hydrogen (secondary N) is 1. The van der Waals surface area contributed by atoms with Crippen molar-refractivity contribution in [1.29, 1.82) is 0 Å². The van der Waals surface area contributed by atoms with E-state index in [9.17, 15) is 4.79 Å². The molecule has 33 heavy (non-hydrogen) atoms. The zero-order valence-corrected chi connectivity index (χ0v) is 19.6. The van der Waals surface area contributed by atoms with Crippen LogP contribution in [-0.4, -0.2) is 25.2 Å². The van der Waals surface area contributed by atoms with Gasteiger partial charge in [-0.25, -0.2) is 0 Å². The van der Waals surface area contributed by atoms with Crippen LogP contribution in [0.25, 0.3) is 0 Å². The number of carbonyl (C=O) groups excluding carboxylic acids is 1.